The molecule has 2 rings (SSSR count). The number of hydrogen-bond acceptors (Lipinski definition) is 5. The number of benzene rings is 1. The summed E-state index contributed by atoms with van der Waals surface area (Å²) in [5.41, 5.74) is 0.756. The van der Waals surface area contributed by atoms with E-state index in [1.807, 2.05) is 11.9 Å². The minimum atomic E-state index is -3.24. The zero-order chi connectivity index (χ0) is 18.8. The molecule has 1 aliphatic rings. The fraction of sp³-hybridized carbons (Fsp3) is 0.529. The van der Waals surface area contributed by atoms with Crippen LogP contribution in [0.25, 0.3) is 0 Å². The van der Waals surface area contributed by atoms with Gasteiger partial charge >= 0.3 is 0 Å². The molecule has 0 radical (unpaired) electrons. The number of carbonyl (C=O) groups is 2. The number of carbonyl (C=O) groups excluding carboxylic acids is 2. The maximum Gasteiger partial charge on any atom is 0.241 e. The van der Waals surface area contributed by atoms with Crippen LogP contribution >= 0.6 is 0 Å². The van der Waals surface area contributed by atoms with Gasteiger partial charge in [0, 0.05) is 40.0 Å². The lowest BCUT2D eigenvalue weighted by atomic mass is 10.1. The smallest absolute Gasteiger partial charge is 0.241 e. The minimum Gasteiger partial charge on any atom is -0.347 e. The van der Waals surface area contributed by atoms with E-state index in [0.29, 0.717) is 19.6 Å². The fourth-order valence-electron chi connectivity index (χ4n) is 2.81. The summed E-state index contributed by atoms with van der Waals surface area (Å²) in [6, 6.07) is 6.01. The van der Waals surface area contributed by atoms with E-state index in [-0.39, 0.29) is 29.2 Å². The molecule has 2 amide bonds. The van der Waals surface area contributed by atoms with Crippen LogP contribution in [0.5, 0.6) is 0 Å². The lowest BCUT2D eigenvalue weighted by molar-refractivity contribution is -0.141. The highest BCUT2D eigenvalue weighted by Gasteiger charge is 2.32. The average molecular weight is 367 g/mol. The van der Waals surface area contributed by atoms with Gasteiger partial charge in [-0.2, -0.15) is 0 Å². The maximum absolute atomic E-state index is 12.6. The molecule has 0 N–H and O–H groups in total. The summed E-state index contributed by atoms with van der Waals surface area (Å²) in [7, 11) is 2.06. The van der Waals surface area contributed by atoms with Gasteiger partial charge in [-0.15, -0.1) is 0 Å². The van der Waals surface area contributed by atoms with Crippen LogP contribution in [0.3, 0.4) is 0 Å². The Morgan fingerprint density at radius 3 is 2.28 bits per heavy atom. The molecule has 1 atom stereocenters. The topological polar surface area (TPSA) is 78.0 Å². The summed E-state index contributed by atoms with van der Waals surface area (Å²) in [4.78, 5) is 30.3. The third-order valence-electron chi connectivity index (χ3n) is 4.43. The van der Waals surface area contributed by atoms with E-state index in [1.165, 1.54) is 12.1 Å². The van der Waals surface area contributed by atoms with Crippen LogP contribution in [0.4, 0.5) is 0 Å². The molecule has 1 aliphatic heterocycles. The van der Waals surface area contributed by atoms with Crippen LogP contribution < -0.4 is 0 Å². The second-order valence-electron chi connectivity index (χ2n) is 6.66. The highest BCUT2D eigenvalue weighted by molar-refractivity contribution is 7.90. The van der Waals surface area contributed by atoms with Crippen molar-refractivity contribution < 1.29 is 18.0 Å². The molecule has 0 spiro atoms. The molecule has 8 heteroatoms. The van der Waals surface area contributed by atoms with E-state index < -0.39 is 9.84 Å². The molecule has 1 fully saturated rings. The van der Waals surface area contributed by atoms with Gasteiger partial charge in [-0.3, -0.25) is 14.5 Å². The molecule has 0 aliphatic carbocycles. The number of amides is 2. The van der Waals surface area contributed by atoms with Crippen molar-refractivity contribution in [3.8, 4) is 0 Å². The van der Waals surface area contributed by atoms with Crippen molar-refractivity contribution in [3.05, 3.63) is 29.8 Å². The van der Waals surface area contributed by atoms with E-state index in [4.69, 9.17) is 0 Å². The zero-order valence-corrected chi connectivity index (χ0v) is 15.9. The first-order chi connectivity index (χ1) is 11.6. The third-order valence-corrected chi connectivity index (χ3v) is 5.56. The Morgan fingerprint density at radius 1 is 1.16 bits per heavy atom. The van der Waals surface area contributed by atoms with Gasteiger partial charge in [0.1, 0.15) is 6.04 Å². The first-order valence-electron chi connectivity index (χ1n) is 8.08. The highest BCUT2D eigenvalue weighted by atomic mass is 32.2. The Morgan fingerprint density at radius 2 is 1.76 bits per heavy atom. The van der Waals surface area contributed by atoms with Gasteiger partial charge in [-0.1, -0.05) is 12.1 Å². The molecule has 25 heavy (non-hydrogen) atoms. The van der Waals surface area contributed by atoms with Gasteiger partial charge in [-0.05, 0) is 24.7 Å². The van der Waals surface area contributed by atoms with Crippen molar-refractivity contribution in [3.63, 3.8) is 0 Å². The fourth-order valence-corrected chi connectivity index (χ4v) is 3.44. The second-order valence-corrected chi connectivity index (χ2v) is 8.68. The zero-order valence-electron chi connectivity index (χ0n) is 15.1. The van der Waals surface area contributed by atoms with Gasteiger partial charge in [0.05, 0.1) is 11.3 Å². The first-order valence-corrected chi connectivity index (χ1v) is 9.97. The lowest BCUT2D eigenvalue weighted by Crippen LogP contribution is -2.58. The van der Waals surface area contributed by atoms with Crippen LogP contribution in [0.2, 0.25) is 0 Å². The van der Waals surface area contributed by atoms with E-state index in [0.717, 1.165) is 11.8 Å². The predicted molar refractivity (Wildman–Crippen MR) is 94.9 cm³/mol. The summed E-state index contributed by atoms with van der Waals surface area (Å²) in [6.45, 7) is 1.59. The standard InChI is InChI=1S/C17H25N3O4S/c1-18(2)17(22)15-12-20(10-9-19(15)3)16(21)11-13-5-7-14(8-6-13)25(4,23)24/h5-8,15H,9-12H2,1-4H3/t15-/m0/s1. The molecular weight excluding hydrogens is 342 g/mol. The van der Waals surface area contributed by atoms with E-state index in [1.54, 1.807) is 36.0 Å². The molecule has 0 unspecified atom stereocenters. The largest absolute Gasteiger partial charge is 0.347 e. The van der Waals surface area contributed by atoms with Crippen molar-refractivity contribution in [2.24, 2.45) is 0 Å². The summed E-state index contributed by atoms with van der Waals surface area (Å²) >= 11 is 0. The van der Waals surface area contributed by atoms with Gasteiger partial charge in [0.2, 0.25) is 11.8 Å². The molecule has 0 bridgehead atoms. The Labute approximate surface area is 149 Å². The van der Waals surface area contributed by atoms with Crippen molar-refractivity contribution >= 4 is 21.7 Å². The molecule has 1 saturated heterocycles. The number of sulfone groups is 1. The monoisotopic (exact) mass is 367 g/mol. The summed E-state index contributed by atoms with van der Waals surface area (Å²) < 4.78 is 23.0. The Kier molecular flexibility index (Phi) is 5.84. The number of piperazine rings is 1. The minimum absolute atomic E-state index is 0.0162. The van der Waals surface area contributed by atoms with E-state index >= 15 is 0 Å². The third kappa shape index (κ3) is 4.79. The lowest BCUT2D eigenvalue weighted by Gasteiger charge is -2.39. The SMILES string of the molecule is CN(C)C(=O)[C@@H]1CN(C(=O)Cc2ccc(S(C)(=O)=O)cc2)CCN1C. The first kappa shape index (κ1) is 19.4. The van der Waals surface area contributed by atoms with E-state index in [2.05, 4.69) is 0 Å². The van der Waals surface area contributed by atoms with Crippen LogP contribution in [-0.4, -0.2) is 88.0 Å². The Bertz CT molecular complexity index is 744. The van der Waals surface area contributed by atoms with Crippen LogP contribution in [-0.2, 0) is 25.8 Å². The van der Waals surface area contributed by atoms with Crippen molar-refractivity contribution in [2.75, 3.05) is 47.0 Å². The molecule has 0 aromatic heterocycles. The summed E-state index contributed by atoms with van der Waals surface area (Å²) in [6.07, 6.45) is 1.34. The molecular formula is C17H25N3O4S. The van der Waals surface area contributed by atoms with Gasteiger partial charge in [-0.25, -0.2) is 8.42 Å². The Hall–Kier alpha value is -1.93. The quantitative estimate of drug-likeness (QED) is 0.740. The predicted octanol–water partition coefficient (Wildman–Crippen LogP) is -0.137. The molecule has 1 heterocycles. The summed E-state index contributed by atoms with van der Waals surface area (Å²) in [5, 5.41) is 0. The summed E-state index contributed by atoms with van der Waals surface area (Å²) in [5.74, 6) is -0.0748. The molecule has 7 nitrogen and oxygen atoms in total. The number of rotatable bonds is 4. The van der Waals surface area contributed by atoms with Crippen LogP contribution in [0, 0.1) is 0 Å². The van der Waals surface area contributed by atoms with Gasteiger partial charge < -0.3 is 9.80 Å². The molecule has 0 saturated carbocycles. The second kappa shape index (κ2) is 7.53. The molecule has 1 aromatic rings. The van der Waals surface area contributed by atoms with Crippen molar-refractivity contribution in [1.29, 1.82) is 0 Å². The van der Waals surface area contributed by atoms with Crippen molar-refractivity contribution in [2.45, 2.75) is 17.4 Å². The van der Waals surface area contributed by atoms with E-state index in [9.17, 15) is 18.0 Å². The molecule has 1 aromatic carbocycles. The Balaban J connectivity index is 2.04. The van der Waals surface area contributed by atoms with Gasteiger partial charge in [0.25, 0.3) is 0 Å². The van der Waals surface area contributed by atoms with Crippen molar-refractivity contribution in [1.82, 2.24) is 14.7 Å². The van der Waals surface area contributed by atoms with Gasteiger partial charge in [0.15, 0.2) is 9.84 Å². The average Bonchev–Trinajstić information content (AvgIpc) is 2.54. The number of hydrogen-bond donors (Lipinski definition) is 0. The van der Waals surface area contributed by atoms with Crippen LogP contribution in [0.1, 0.15) is 5.56 Å². The highest BCUT2D eigenvalue weighted by Crippen LogP contribution is 2.14. The van der Waals surface area contributed by atoms with Crippen LogP contribution in [0.15, 0.2) is 29.2 Å². The normalized spacial score (nSPS) is 18.9. The number of nitrogens with zero attached hydrogens (tertiary/aromatic N) is 3. The maximum atomic E-state index is 12.6. The molecule has 138 valence electrons. The number of likely N-dealkylation sites (N-methyl/N-ethyl adjacent to an activating group) is 2.